The molecule has 3 heterocycles. The van der Waals surface area contributed by atoms with Gasteiger partial charge < -0.3 is 10.1 Å². The van der Waals surface area contributed by atoms with Crippen LogP contribution in [0, 0.1) is 5.82 Å². The molecule has 0 radical (unpaired) electrons. The molecule has 7 nitrogen and oxygen atoms in total. The van der Waals surface area contributed by atoms with Gasteiger partial charge in [-0.25, -0.2) is 9.37 Å². The van der Waals surface area contributed by atoms with Crippen LogP contribution in [0.4, 0.5) is 21.7 Å². The molecule has 1 saturated carbocycles. The predicted molar refractivity (Wildman–Crippen MR) is 132 cm³/mol. The number of rotatable bonds is 3. The molecular formula is C26H25ClFN5O2. The number of hydrogen-bond donors (Lipinski definition) is 1. The fourth-order valence-electron chi connectivity index (χ4n) is 5.31. The SMILES string of the molecule is CN1CCc2cc(Nc3ncc4c(n3)OC(C)(C)N(c3c(F)cccc3Cl)C4=O)ccc2C12CC2. The number of likely N-dealkylation sites (N-methyl/N-ethyl adjacent to an activating group) is 1. The van der Waals surface area contributed by atoms with Crippen LogP contribution in [-0.4, -0.2) is 40.1 Å². The molecular weight excluding hydrogens is 469 g/mol. The van der Waals surface area contributed by atoms with E-state index >= 15 is 0 Å². The van der Waals surface area contributed by atoms with Gasteiger partial charge in [0.15, 0.2) is 5.72 Å². The molecule has 1 fully saturated rings. The summed E-state index contributed by atoms with van der Waals surface area (Å²) in [5.41, 5.74) is 2.71. The van der Waals surface area contributed by atoms with Gasteiger partial charge in [0.05, 0.1) is 5.02 Å². The third kappa shape index (κ3) is 3.46. The quantitative estimate of drug-likeness (QED) is 0.536. The number of carbonyl (C=O) groups is 1. The third-order valence-electron chi connectivity index (χ3n) is 7.27. The van der Waals surface area contributed by atoms with Crippen molar-refractivity contribution >= 4 is 34.8 Å². The van der Waals surface area contributed by atoms with Crippen molar-refractivity contribution in [2.45, 2.75) is 44.4 Å². The van der Waals surface area contributed by atoms with E-state index < -0.39 is 17.4 Å². The summed E-state index contributed by atoms with van der Waals surface area (Å²) in [6.45, 7) is 4.37. The minimum Gasteiger partial charge on any atom is -0.450 e. The van der Waals surface area contributed by atoms with E-state index in [1.807, 2.05) is 6.07 Å². The van der Waals surface area contributed by atoms with E-state index in [4.69, 9.17) is 16.3 Å². The topological polar surface area (TPSA) is 70.6 Å². The van der Waals surface area contributed by atoms with Gasteiger partial charge in [-0.05, 0) is 75.5 Å². The number of anilines is 3. The first-order valence-electron chi connectivity index (χ1n) is 11.7. The lowest BCUT2D eigenvalue weighted by Crippen LogP contribution is -2.56. The maximum absolute atomic E-state index is 14.6. The van der Waals surface area contributed by atoms with E-state index in [2.05, 4.69) is 39.4 Å². The van der Waals surface area contributed by atoms with E-state index in [9.17, 15) is 9.18 Å². The Morgan fingerprint density at radius 1 is 1.20 bits per heavy atom. The highest BCUT2D eigenvalue weighted by molar-refractivity contribution is 6.34. The van der Waals surface area contributed by atoms with Crippen molar-refractivity contribution in [3.8, 4) is 5.88 Å². The monoisotopic (exact) mass is 493 g/mol. The number of fused-ring (bicyclic) bond motifs is 3. The summed E-state index contributed by atoms with van der Waals surface area (Å²) in [5, 5.41) is 3.36. The molecule has 1 N–H and O–H groups in total. The standard InChI is InChI=1S/C26H25ClFN5O2/c1-25(2)33(21-19(27)5-4-6-20(21)28)23(34)17-14-29-24(31-22(17)35-25)30-16-7-8-18-15(13-16)9-12-32(3)26(18)10-11-26/h4-8,13-14H,9-12H2,1-3H3,(H,29,30,31). The van der Waals surface area contributed by atoms with Gasteiger partial charge in [0, 0.05) is 24.0 Å². The second-order valence-electron chi connectivity index (χ2n) is 9.87. The number of halogens is 2. The number of ether oxygens (including phenoxy) is 1. The number of carbonyl (C=O) groups excluding carboxylic acids is 1. The van der Waals surface area contributed by atoms with Crippen molar-refractivity contribution in [3.05, 3.63) is 70.1 Å². The molecule has 1 amide bonds. The van der Waals surface area contributed by atoms with Gasteiger partial charge in [-0.2, -0.15) is 4.98 Å². The average Bonchev–Trinajstić information content (AvgIpc) is 3.59. The van der Waals surface area contributed by atoms with Crippen LogP contribution in [0.3, 0.4) is 0 Å². The fourth-order valence-corrected chi connectivity index (χ4v) is 5.56. The van der Waals surface area contributed by atoms with Crippen molar-refractivity contribution in [3.63, 3.8) is 0 Å². The third-order valence-corrected chi connectivity index (χ3v) is 7.57. The molecule has 35 heavy (non-hydrogen) atoms. The van der Waals surface area contributed by atoms with Crippen molar-refractivity contribution < 1.29 is 13.9 Å². The zero-order valence-corrected chi connectivity index (χ0v) is 20.5. The Kier molecular flexibility index (Phi) is 4.85. The van der Waals surface area contributed by atoms with Gasteiger partial charge in [0.1, 0.15) is 17.1 Å². The van der Waals surface area contributed by atoms with Gasteiger partial charge in [-0.3, -0.25) is 14.6 Å². The number of hydrogen-bond acceptors (Lipinski definition) is 6. The zero-order valence-electron chi connectivity index (χ0n) is 19.7. The van der Waals surface area contributed by atoms with E-state index in [0.29, 0.717) is 5.95 Å². The number of amides is 1. The summed E-state index contributed by atoms with van der Waals surface area (Å²) >= 11 is 6.24. The molecule has 2 aromatic carbocycles. The second kappa shape index (κ2) is 7.63. The van der Waals surface area contributed by atoms with Crippen LogP contribution in [0.1, 0.15) is 48.2 Å². The van der Waals surface area contributed by atoms with Crippen LogP contribution < -0.4 is 15.0 Å². The highest BCUT2D eigenvalue weighted by Crippen LogP contribution is 2.53. The summed E-state index contributed by atoms with van der Waals surface area (Å²) in [7, 11) is 2.20. The zero-order chi connectivity index (χ0) is 24.5. The Morgan fingerprint density at radius 2 is 2.00 bits per heavy atom. The molecule has 0 atom stereocenters. The summed E-state index contributed by atoms with van der Waals surface area (Å²) in [6, 6.07) is 10.7. The maximum atomic E-state index is 14.6. The van der Waals surface area contributed by atoms with E-state index in [0.717, 1.165) is 18.7 Å². The molecule has 0 unspecified atom stereocenters. The second-order valence-corrected chi connectivity index (χ2v) is 10.3. The van der Waals surface area contributed by atoms with Crippen LogP contribution in [0.15, 0.2) is 42.6 Å². The van der Waals surface area contributed by atoms with Crippen molar-refractivity contribution in [2.24, 2.45) is 0 Å². The average molecular weight is 494 g/mol. The number of para-hydroxylation sites is 1. The summed E-state index contributed by atoms with van der Waals surface area (Å²) < 4.78 is 20.7. The molecule has 0 bridgehead atoms. The first-order valence-corrected chi connectivity index (χ1v) is 12.0. The lowest BCUT2D eigenvalue weighted by atomic mass is 9.90. The lowest BCUT2D eigenvalue weighted by molar-refractivity contribution is 0.0601. The predicted octanol–water partition coefficient (Wildman–Crippen LogP) is 5.27. The molecule has 1 aliphatic carbocycles. The number of nitrogens with zero attached hydrogens (tertiary/aromatic N) is 4. The number of benzene rings is 2. The number of nitrogens with one attached hydrogen (secondary N) is 1. The van der Waals surface area contributed by atoms with Crippen LogP contribution in [0.5, 0.6) is 5.88 Å². The van der Waals surface area contributed by atoms with E-state index in [1.165, 1.54) is 53.3 Å². The summed E-state index contributed by atoms with van der Waals surface area (Å²) in [5.74, 6) is -0.643. The van der Waals surface area contributed by atoms with E-state index in [1.54, 1.807) is 13.8 Å². The van der Waals surface area contributed by atoms with Gasteiger partial charge in [0.2, 0.25) is 11.8 Å². The molecule has 1 spiro atoms. The van der Waals surface area contributed by atoms with E-state index in [-0.39, 0.29) is 27.7 Å². The fraction of sp³-hybridized carbons (Fsp3) is 0.346. The van der Waals surface area contributed by atoms with Crippen molar-refractivity contribution in [1.82, 2.24) is 14.9 Å². The van der Waals surface area contributed by atoms with Gasteiger partial charge in [-0.1, -0.05) is 23.7 Å². The Bertz CT molecular complexity index is 1350. The lowest BCUT2D eigenvalue weighted by Gasteiger charge is -2.42. The highest BCUT2D eigenvalue weighted by atomic mass is 35.5. The normalized spacial score (nSPS) is 19.7. The Hall–Kier alpha value is -3.23. The molecule has 2 aliphatic heterocycles. The molecule has 9 heteroatoms. The smallest absolute Gasteiger partial charge is 0.268 e. The molecule has 0 saturated heterocycles. The molecule has 1 aromatic heterocycles. The molecule has 6 rings (SSSR count). The first kappa shape index (κ1) is 22.2. The minimum atomic E-state index is -1.22. The van der Waals surface area contributed by atoms with Crippen molar-refractivity contribution in [1.29, 1.82) is 0 Å². The van der Waals surface area contributed by atoms with Crippen LogP contribution >= 0.6 is 11.6 Å². The summed E-state index contributed by atoms with van der Waals surface area (Å²) in [4.78, 5) is 25.8. The van der Waals surface area contributed by atoms with Crippen LogP contribution in [-0.2, 0) is 12.0 Å². The van der Waals surface area contributed by atoms with Crippen molar-refractivity contribution in [2.75, 3.05) is 23.8 Å². The van der Waals surface area contributed by atoms with Crippen LogP contribution in [0.25, 0.3) is 0 Å². The van der Waals surface area contributed by atoms with Gasteiger partial charge in [0.25, 0.3) is 5.91 Å². The van der Waals surface area contributed by atoms with Gasteiger partial charge >= 0.3 is 0 Å². The first-order chi connectivity index (χ1) is 16.7. The number of aromatic nitrogens is 2. The minimum absolute atomic E-state index is 0.0369. The molecule has 3 aliphatic rings. The highest BCUT2D eigenvalue weighted by Gasteiger charge is 2.50. The summed E-state index contributed by atoms with van der Waals surface area (Å²) in [6.07, 6.45) is 4.80. The largest absolute Gasteiger partial charge is 0.450 e. The molecule has 180 valence electrons. The Morgan fingerprint density at radius 3 is 2.74 bits per heavy atom. The van der Waals surface area contributed by atoms with Gasteiger partial charge in [-0.15, -0.1) is 0 Å². The maximum Gasteiger partial charge on any atom is 0.268 e. The molecule has 3 aromatic rings. The van der Waals surface area contributed by atoms with Crippen LogP contribution in [0.2, 0.25) is 5.02 Å². The Balaban J connectivity index is 1.30. The Labute approximate surface area is 207 Å².